The normalized spacial score (nSPS) is 10.5. The van der Waals surface area contributed by atoms with Gasteiger partial charge in [0.05, 0.1) is 0 Å². The molecule has 0 bridgehead atoms. The van der Waals surface area contributed by atoms with E-state index in [4.69, 9.17) is 5.11 Å². The second-order valence-electron chi connectivity index (χ2n) is 5.11. The van der Waals surface area contributed by atoms with Crippen LogP contribution < -0.4 is 4.90 Å². The van der Waals surface area contributed by atoms with Gasteiger partial charge in [-0.1, -0.05) is 13.0 Å². The van der Waals surface area contributed by atoms with Crippen molar-refractivity contribution in [3.8, 4) is 11.5 Å². The smallest absolute Gasteiger partial charge is 0.323 e. The minimum Gasteiger partial charge on any atom is -0.480 e. The lowest BCUT2D eigenvalue weighted by Gasteiger charge is -2.24. The molecule has 2 rings (SSSR count). The van der Waals surface area contributed by atoms with Crippen LogP contribution in [-0.4, -0.2) is 39.1 Å². The summed E-state index contributed by atoms with van der Waals surface area (Å²) in [5.74, 6) is 0.311. The highest BCUT2D eigenvalue weighted by Crippen LogP contribution is 2.23. The molecule has 22 heavy (non-hydrogen) atoms. The van der Waals surface area contributed by atoms with E-state index in [-0.39, 0.29) is 6.54 Å². The van der Waals surface area contributed by atoms with Crippen molar-refractivity contribution in [2.24, 2.45) is 0 Å². The van der Waals surface area contributed by atoms with Crippen molar-refractivity contribution in [3.63, 3.8) is 0 Å². The molecule has 0 saturated carbocycles. The summed E-state index contributed by atoms with van der Waals surface area (Å²) in [6.45, 7) is 6.38. The van der Waals surface area contributed by atoms with Crippen molar-refractivity contribution in [1.29, 1.82) is 0 Å². The first kappa shape index (κ1) is 15.9. The lowest BCUT2D eigenvalue weighted by Crippen LogP contribution is -2.32. The van der Waals surface area contributed by atoms with Crippen molar-refractivity contribution < 1.29 is 9.90 Å². The standard InChI is InChI=1S/C16H20N4O2/c1-4-9-20(10-14(21)22)16-11(2)12(3)18-15(19-16)13-7-5-6-8-17-13/h5-8H,4,9-10H2,1-3H3,(H,21,22). The zero-order valence-electron chi connectivity index (χ0n) is 13.1. The monoisotopic (exact) mass is 300 g/mol. The van der Waals surface area contributed by atoms with E-state index >= 15 is 0 Å². The van der Waals surface area contributed by atoms with Crippen LogP contribution in [0.2, 0.25) is 0 Å². The summed E-state index contributed by atoms with van der Waals surface area (Å²) >= 11 is 0. The Balaban J connectivity index is 2.49. The minimum absolute atomic E-state index is 0.0766. The Bertz CT molecular complexity index is 659. The number of aryl methyl sites for hydroxylation is 1. The Labute approximate surface area is 129 Å². The summed E-state index contributed by atoms with van der Waals surface area (Å²) in [5.41, 5.74) is 2.41. The Morgan fingerprint density at radius 2 is 2.05 bits per heavy atom. The van der Waals surface area contributed by atoms with Gasteiger partial charge in [0, 0.05) is 24.0 Å². The summed E-state index contributed by atoms with van der Waals surface area (Å²) in [7, 11) is 0. The molecule has 6 nitrogen and oxygen atoms in total. The molecular weight excluding hydrogens is 280 g/mol. The molecule has 116 valence electrons. The molecule has 0 unspecified atom stereocenters. The van der Waals surface area contributed by atoms with Crippen molar-refractivity contribution in [2.75, 3.05) is 18.0 Å². The van der Waals surface area contributed by atoms with E-state index in [0.717, 1.165) is 17.7 Å². The number of aliphatic carboxylic acids is 1. The van der Waals surface area contributed by atoms with E-state index in [2.05, 4.69) is 15.0 Å². The van der Waals surface area contributed by atoms with Gasteiger partial charge in [0.1, 0.15) is 18.1 Å². The number of anilines is 1. The van der Waals surface area contributed by atoms with Crippen LogP contribution in [0.1, 0.15) is 24.6 Å². The largest absolute Gasteiger partial charge is 0.480 e. The zero-order valence-corrected chi connectivity index (χ0v) is 13.1. The van der Waals surface area contributed by atoms with Gasteiger partial charge < -0.3 is 10.0 Å². The van der Waals surface area contributed by atoms with E-state index in [1.54, 1.807) is 11.1 Å². The molecule has 0 saturated heterocycles. The van der Waals surface area contributed by atoms with E-state index < -0.39 is 5.97 Å². The molecule has 0 fully saturated rings. The van der Waals surface area contributed by atoms with Crippen molar-refractivity contribution >= 4 is 11.8 Å². The molecular formula is C16H20N4O2. The molecule has 0 aliphatic carbocycles. The second kappa shape index (κ2) is 6.98. The molecule has 0 aromatic carbocycles. The summed E-state index contributed by atoms with van der Waals surface area (Å²) in [6.07, 6.45) is 2.53. The van der Waals surface area contributed by atoms with E-state index in [0.29, 0.717) is 23.9 Å². The van der Waals surface area contributed by atoms with Gasteiger partial charge >= 0.3 is 5.97 Å². The average Bonchev–Trinajstić information content (AvgIpc) is 2.50. The van der Waals surface area contributed by atoms with Crippen LogP contribution in [0.4, 0.5) is 5.82 Å². The van der Waals surface area contributed by atoms with Gasteiger partial charge in [-0.05, 0) is 32.4 Å². The maximum Gasteiger partial charge on any atom is 0.323 e. The summed E-state index contributed by atoms with van der Waals surface area (Å²) in [5, 5.41) is 9.12. The molecule has 0 spiro atoms. The number of pyridine rings is 1. The van der Waals surface area contributed by atoms with Gasteiger partial charge in [-0.15, -0.1) is 0 Å². The van der Waals surface area contributed by atoms with Crippen LogP contribution in [-0.2, 0) is 4.79 Å². The fourth-order valence-corrected chi connectivity index (χ4v) is 2.22. The fourth-order valence-electron chi connectivity index (χ4n) is 2.22. The van der Waals surface area contributed by atoms with Gasteiger partial charge in [0.15, 0.2) is 5.82 Å². The molecule has 0 amide bonds. The third kappa shape index (κ3) is 3.58. The molecule has 0 atom stereocenters. The number of nitrogens with zero attached hydrogens (tertiary/aromatic N) is 4. The molecule has 0 aliphatic rings. The zero-order chi connectivity index (χ0) is 16.1. The van der Waals surface area contributed by atoms with Gasteiger partial charge in [0.2, 0.25) is 0 Å². The Kier molecular flexibility index (Phi) is 5.04. The highest BCUT2D eigenvalue weighted by Gasteiger charge is 2.17. The number of carbonyl (C=O) groups is 1. The molecule has 2 heterocycles. The Morgan fingerprint density at radius 1 is 1.27 bits per heavy atom. The van der Waals surface area contributed by atoms with Gasteiger partial charge in [-0.3, -0.25) is 9.78 Å². The number of rotatable bonds is 6. The number of hydrogen-bond donors (Lipinski definition) is 1. The molecule has 6 heteroatoms. The van der Waals surface area contributed by atoms with Crippen molar-refractivity contribution in [2.45, 2.75) is 27.2 Å². The molecule has 2 aromatic rings. The summed E-state index contributed by atoms with van der Waals surface area (Å²) < 4.78 is 0. The van der Waals surface area contributed by atoms with Gasteiger partial charge in [-0.25, -0.2) is 9.97 Å². The predicted octanol–water partition coefficient (Wildman–Crippen LogP) is 2.46. The first-order valence-electron chi connectivity index (χ1n) is 7.26. The lowest BCUT2D eigenvalue weighted by molar-refractivity contribution is -0.135. The lowest BCUT2D eigenvalue weighted by atomic mass is 10.2. The van der Waals surface area contributed by atoms with Crippen molar-refractivity contribution in [3.05, 3.63) is 35.7 Å². The predicted molar refractivity (Wildman–Crippen MR) is 84.9 cm³/mol. The van der Waals surface area contributed by atoms with Crippen LogP contribution in [0.3, 0.4) is 0 Å². The highest BCUT2D eigenvalue weighted by atomic mass is 16.4. The third-order valence-corrected chi connectivity index (χ3v) is 3.38. The first-order chi connectivity index (χ1) is 10.5. The summed E-state index contributed by atoms with van der Waals surface area (Å²) in [6, 6.07) is 5.55. The quantitative estimate of drug-likeness (QED) is 0.882. The number of aromatic nitrogens is 3. The van der Waals surface area contributed by atoms with Crippen molar-refractivity contribution in [1.82, 2.24) is 15.0 Å². The number of hydrogen-bond acceptors (Lipinski definition) is 5. The van der Waals surface area contributed by atoms with E-state index in [1.165, 1.54) is 0 Å². The fraction of sp³-hybridized carbons (Fsp3) is 0.375. The third-order valence-electron chi connectivity index (χ3n) is 3.38. The average molecular weight is 300 g/mol. The number of carboxylic acids is 1. The second-order valence-corrected chi connectivity index (χ2v) is 5.11. The minimum atomic E-state index is -0.872. The molecule has 0 aliphatic heterocycles. The maximum atomic E-state index is 11.1. The van der Waals surface area contributed by atoms with Crippen LogP contribution >= 0.6 is 0 Å². The number of carboxylic acid groups (broad SMARTS) is 1. The Morgan fingerprint density at radius 3 is 2.64 bits per heavy atom. The summed E-state index contributed by atoms with van der Waals surface area (Å²) in [4.78, 5) is 26.2. The van der Waals surface area contributed by atoms with Crippen LogP contribution in [0, 0.1) is 13.8 Å². The molecule has 2 aromatic heterocycles. The van der Waals surface area contributed by atoms with E-state index in [1.807, 2.05) is 39.0 Å². The SMILES string of the molecule is CCCN(CC(=O)O)c1nc(-c2ccccn2)nc(C)c1C. The van der Waals surface area contributed by atoms with Crippen LogP contribution in [0.25, 0.3) is 11.5 Å². The first-order valence-corrected chi connectivity index (χ1v) is 7.26. The topological polar surface area (TPSA) is 79.2 Å². The highest BCUT2D eigenvalue weighted by molar-refractivity contribution is 5.74. The van der Waals surface area contributed by atoms with Gasteiger partial charge in [-0.2, -0.15) is 0 Å². The van der Waals surface area contributed by atoms with Crippen LogP contribution in [0.5, 0.6) is 0 Å². The van der Waals surface area contributed by atoms with E-state index in [9.17, 15) is 4.79 Å². The van der Waals surface area contributed by atoms with Crippen LogP contribution in [0.15, 0.2) is 24.4 Å². The molecule has 1 N–H and O–H groups in total. The maximum absolute atomic E-state index is 11.1. The van der Waals surface area contributed by atoms with Gasteiger partial charge in [0.25, 0.3) is 0 Å². The Hall–Kier alpha value is -2.50. The molecule has 0 radical (unpaired) electrons.